The molecule has 0 aromatic rings. The van der Waals surface area contributed by atoms with Crippen LogP contribution in [0.1, 0.15) is 175 Å². The fourth-order valence-electron chi connectivity index (χ4n) is 7.39. The van der Waals surface area contributed by atoms with Crippen molar-refractivity contribution in [1.82, 2.24) is 4.90 Å². The molecule has 1 aliphatic heterocycles. The molecule has 0 aromatic carbocycles. The Morgan fingerprint density at radius 2 is 1.19 bits per heavy atom. The van der Waals surface area contributed by atoms with Crippen LogP contribution in [0, 0.1) is 17.3 Å². The molecule has 220 valence electrons. The van der Waals surface area contributed by atoms with Crippen molar-refractivity contribution in [3.8, 4) is 0 Å². The molecule has 2 nitrogen and oxygen atoms in total. The van der Waals surface area contributed by atoms with Crippen LogP contribution in [-0.2, 0) is 4.74 Å². The predicted octanol–water partition coefficient (Wildman–Crippen LogP) is 11.0. The first-order valence-electron chi connectivity index (χ1n) is 17.5. The molecule has 0 bridgehead atoms. The van der Waals surface area contributed by atoms with Gasteiger partial charge in [0.25, 0.3) is 0 Å². The zero-order valence-electron chi connectivity index (χ0n) is 26.2. The molecule has 2 aliphatic rings. The van der Waals surface area contributed by atoms with Gasteiger partial charge >= 0.3 is 0 Å². The topological polar surface area (TPSA) is 12.5 Å². The van der Waals surface area contributed by atoms with Crippen molar-refractivity contribution >= 4 is 0 Å². The largest absolute Gasteiger partial charge is 0.378 e. The Morgan fingerprint density at radius 1 is 0.649 bits per heavy atom. The molecule has 37 heavy (non-hydrogen) atoms. The van der Waals surface area contributed by atoms with Gasteiger partial charge in [-0.2, -0.15) is 0 Å². The van der Waals surface area contributed by atoms with Crippen LogP contribution in [0.15, 0.2) is 0 Å². The lowest BCUT2D eigenvalue weighted by Crippen LogP contribution is -2.48. The summed E-state index contributed by atoms with van der Waals surface area (Å²) in [5.41, 5.74) is 0.726. The number of unbranched alkanes of at least 4 members (excludes halogenated alkanes) is 9. The van der Waals surface area contributed by atoms with Crippen molar-refractivity contribution in [3.05, 3.63) is 0 Å². The second-order valence-corrected chi connectivity index (χ2v) is 13.4. The first-order valence-corrected chi connectivity index (χ1v) is 17.5. The number of likely N-dealkylation sites (tertiary alicyclic amines) is 1. The molecule has 0 radical (unpaired) electrons. The van der Waals surface area contributed by atoms with Crippen LogP contribution in [0.2, 0.25) is 0 Å². The maximum atomic E-state index is 6.41. The Balaban J connectivity index is 1.58. The average molecular weight is 520 g/mol. The van der Waals surface area contributed by atoms with E-state index in [0.29, 0.717) is 6.10 Å². The van der Waals surface area contributed by atoms with Gasteiger partial charge in [-0.3, -0.25) is 0 Å². The lowest BCUT2D eigenvalue weighted by atomic mass is 9.56. The van der Waals surface area contributed by atoms with Gasteiger partial charge in [0.05, 0.1) is 6.10 Å². The third kappa shape index (κ3) is 14.2. The van der Waals surface area contributed by atoms with Crippen molar-refractivity contribution in [2.45, 2.75) is 181 Å². The molecular weight excluding hydrogens is 450 g/mol. The molecule has 2 fully saturated rings. The number of hydrogen-bond acceptors (Lipinski definition) is 2. The highest BCUT2D eigenvalue weighted by Gasteiger charge is 2.45. The summed E-state index contributed by atoms with van der Waals surface area (Å²) in [5, 5.41) is 0. The molecule has 0 N–H and O–H groups in total. The van der Waals surface area contributed by atoms with Crippen molar-refractivity contribution < 1.29 is 4.74 Å². The molecule has 1 heterocycles. The highest BCUT2D eigenvalue weighted by atomic mass is 16.5. The van der Waals surface area contributed by atoms with Crippen molar-refractivity contribution in [2.24, 2.45) is 17.3 Å². The maximum Gasteiger partial charge on any atom is 0.0575 e. The Hall–Kier alpha value is -0.0800. The Bertz CT molecular complexity index is 493. The molecular formula is C35H69NO. The van der Waals surface area contributed by atoms with Crippen molar-refractivity contribution in [3.63, 3.8) is 0 Å². The van der Waals surface area contributed by atoms with Gasteiger partial charge in [-0.1, -0.05) is 111 Å². The van der Waals surface area contributed by atoms with Gasteiger partial charge in [0.15, 0.2) is 0 Å². The second-order valence-electron chi connectivity index (χ2n) is 13.4. The van der Waals surface area contributed by atoms with Crippen molar-refractivity contribution in [2.75, 3.05) is 26.2 Å². The first kappa shape index (κ1) is 33.1. The quantitative estimate of drug-likeness (QED) is 0.118. The van der Waals surface area contributed by atoms with Gasteiger partial charge in [0.1, 0.15) is 0 Å². The van der Waals surface area contributed by atoms with Gasteiger partial charge in [-0.15, -0.1) is 0 Å². The molecule has 2 rings (SSSR count). The van der Waals surface area contributed by atoms with E-state index in [9.17, 15) is 0 Å². The molecule has 1 unspecified atom stereocenters. The summed E-state index contributed by atoms with van der Waals surface area (Å²) in [6.07, 6.45) is 32.8. The molecule has 1 saturated heterocycles. The third-order valence-corrected chi connectivity index (χ3v) is 9.93. The molecule has 1 saturated carbocycles. The number of piperidine rings is 1. The van der Waals surface area contributed by atoms with Crippen LogP contribution in [0.5, 0.6) is 0 Å². The lowest BCUT2D eigenvalue weighted by Gasteiger charge is -2.53. The van der Waals surface area contributed by atoms with Gasteiger partial charge < -0.3 is 9.64 Å². The van der Waals surface area contributed by atoms with Crippen LogP contribution in [0.3, 0.4) is 0 Å². The van der Waals surface area contributed by atoms with Crippen LogP contribution in [0.4, 0.5) is 0 Å². The van der Waals surface area contributed by atoms with E-state index in [4.69, 9.17) is 4.74 Å². The summed E-state index contributed by atoms with van der Waals surface area (Å²) in [5.74, 6) is 1.95. The number of ether oxygens (including phenoxy) is 1. The van der Waals surface area contributed by atoms with Gasteiger partial charge in [0, 0.05) is 13.2 Å². The highest BCUT2D eigenvalue weighted by molar-refractivity contribution is 4.97. The number of rotatable bonds is 24. The van der Waals surface area contributed by atoms with E-state index in [1.807, 2.05) is 0 Å². The molecule has 1 atom stereocenters. The van der Waals surface area contributed by atoms with E-state index in [1.165, 1.54) is 167 Å². The minimum atomic E-state index is 0.535. The fraction of sp³-hybridized carbons (Fsp3) is 1.00. The number of hydrogen-bond donors (Lipinski definition) is 0. The molecule has 2 heteroatoms. The molecule has 0 aromatic heterocycles. The molecule has 1 aliphatic carbocycles. The Morgan fingerprint density at radius 3 is 1.81 bits per heavy atom. The Labute approximate surface area is 234 Å². The normalized spacial score (nSPS) is 19.1. The lowest BCUT2D eigenvalue weighted by molar-refractivity contribution is -0.0263. The smallest absolute Gasteiger partial charge is 0.0575 e. The summed E-state index contributed by atoms with van der Waals surface area (Å²) < 4.78 is 6.41. The van der Waals surface area contributed by atoms with Gasteiger partial charge in [0.2, 0.25) is 0 Å². The summed E-state index contributed by atoms with van der Waals surface area (Å²) in [7, 11) is 0. The molecule has 1 spiro atoms. The van der Waals surface area contributed by atoms with Crippen LogP contribution in [-0.4, -0.2) is 37.2 Å². The van der Waals surface area contributed by atoms with E-state index in [2.05, 4.69) is 32.6 Å². The fourth-order valence-corrected chi connectivity index (χ4v) is 7.39. The van der Waals surface area contributed by atoms with E-state index in [1.54, 1.807) is 0 Å². The van der Waals surface area contributed by atoms with E-state index in [0.717, 1.165) is 23.9 Å². The number of nitrogens with zero attached hydrogens (tertiary/aromatic N) is 1. The summed E-state index contributed by atoms with van der Waals surface area (Å²) in [6.45, 7) is 14.5. The standard InChI is InChI=1S/C35H69NO/c1-5-9-13-14-17-20-32(19-12-8-4)31-36-26-24-35(25-27-36)29-33(30-35)21-18-28-37-34(22-15-10-6-2)23-16-11-7-3/h32-34H,5-31H2,1-4H3. The summed E-state index contributed by atoms with van der Waals surface area (Å²) >= 11 is 0. The molecule has 0 amide bonds. The van der Waals surface area contributed by atoms with Crippen LogP contribution >= 0.6 is 0 Å². The van der Waals surface area contributed by atoms with E-state index in [-0.39, 0.29) is 0 Å². The minimum Gasteiger partial charge on any atom is -0.378 e. The van der Waals surface area contributed by atoms with Crippen molar-refractivity contribution in [1.29, 1.82) is 0 Å². The second kappa shape index (κ2) is 20.8. The van der Waals surface area contributed by atoms with Crippen LogP contribution in [0.25, 0.3) is 0 Å². The minimum absolute atomic E-state index is 0.535. The average Bonchev–Trinajstić information content (AvgIpc) is 2.89. The van der Waals surface area contributed by atoms with E-state index >= 15 is 0 Å². The Kier molecular flexibility index (Phi) is 18.6. The SMILES string of the molecule is CCCCCCCC(CCCC)CN1CCC2(CC1)CC(CCCOC(CCCCC)CCCCC)C2. The van der Waals surface area contributed by atoms with E-state index < -0.39 is 0 Å². The predicted molar refractivity (Wildman–Crippen MR) is 164 cm³/mol. The third-order valence-electron chi connectivity index (χ3n) is 9.93. The highest BCUT2D eigenvalue weighted by Crippen LogP contribution is 2.54. The van der Waals surface area contributed by atoms with Crippen LogP contribution < -0.4 is 0 Å². The monoisotopic (exact) mass is 520 g/mol. The summed E-state index contributed by atoms with van der Waals surface area (Å²) in [6, 6.07) is 0. The van der Waals surface area contributed by atoms with Gasteiger partial charge in [-0.25, -0.2) is 0 Å². The maximum absolute atomic E-state index is 6.41. The summed E-state index contributed by atoms with van der Waals surface area (Å²) in [4.78, 5) is 2.86. The van der Waals surface area contributed by atoms with Gasteiger partial charge in [-0.05, 0) is 94.5 Å². The zero-order valence-corrected chi connectivity index (χ0v) is 26.2. The zero-order chi connectivity index (χ0) is 26.6. The first-order chi connectivity index (χ1) is 18.1.